The molecule has 0 amide bonds. The number of Topliss-reactive ketones (excluding diaryl/α,β-unsaturated/α-hetero) is 1. The van der Waals surface area contributed by atoms with E-state index in [1.54, 1.807) is 36.4 Å². The van der Waals surface area contributed by atoms with Crippen molar-refractivity contribution in [3.63, 3.8) is 0 Å². The molecule has 2 aromatic rings. The van der Waals surface area contributed by atoms with Crippen molar-refractivity contribution in [1.82, 2.24) is 4.31 Å². The Morgan fingerprint density at radius 3 is 2.46 bits per heavy atom. The van der Waals surface area contributed by atoms with Crippen molar-refractivity contribution in [1.29, 1.82) is 0 Å². The molecule has 24 heavy (non-hydrogen) atoms. The van der Waals surface area contributed by atoms with E-state index in [9.17, 15) is 13.2 Å². The van der Waals surface area contributed by atoms with Crippen LogP contribution in [0.5, 0.6) is 0 Å². The lowest BCUT2D eigenvalue weighted by atomic mass is 10.0. The molecule has 0 aliphatic carbocycles. The van der Waals surface area contributed by atoms with Gasteiger partial charge in [0.1, 0.15) is 0 Å². The molecule has 0 atom stereocenters. The molecule has 3 rings (SSSR count). The van der Waals surface area contributed by atoms with Gasteiger partial charge in [-0.2, -0.15) is 4.31 Å². The Bertz CT molecular complexity index is 910. The first-order valence-electron chi connectivity index (χ1n) is 7.37. The number of halogens is 2. The summed E-state index contributed by atoms with van der Waals surface area (Å²) in [5, 5.41) is 0.381. The molecular weight excluding hydrogens is 414 g/mol. The fourth-order valence-electron chi connectivity index (χ4n) is 2.69. The molecule has 7 heteroatoms. The number of carbonyl (C=O) groups is 1. The summed E-state index contributed by atoms with van der Waals surface area (Å²) in [5.41, 5.74) is 2.02. The van der Waals surface area contributed by atoms with Crippen molar-refractivity contribution in [3.05, 3.63) is 62.6 Å². The van der Waals surface area contributed by atoms with Gasteiger partial charge >= 0.3 is 0 Å². The van der Waals surface area contributed by atoms with Gasteiger partial charge in [-0.05, 0) is 52.7 Å². The number of benzene rings is 2. The van der Waals surface area contributed by atoms with Crippen LogP contribution < -0.4 is 0 Å². The first-order valence-corrected chi connectivity index (χ1v) is 9.98. The highest BCUT2D eigenvalue weighted by molar-refractivity contribution is 9.10. The Balaban J connectivity index is 2.05. The van der Waals surface area contributed by atoms with Crippen LogP contribution in [0.25, 0.3) is 0 Å². The van der Waals surface area contributed by atoms with Crippen LogP contribution in [-0.2, 0) is 16.6 Å². The van der Waals surface area contributed by atoms with Crippen molar-refractivity contribution in [3.8, 4) is 0 Å². The molecule has 4 nitrogen and oxygen atoms in total. The van der Waals surface area contributed by atoms with Crippen molar-refractivity contribution in [2.75, 3.05) is 6.54 Å². The molecule has 1 aliphatic rings. The lowest BCUT2D eigenvalue weighted by Gasteiger charge is -2.21. The zero-order valence-electron chi connectivity index (χ0n) is 12.9. The van der Waals surface area contributed by atoms with E-state index in [2.05, 4.69) is 15.9 Å². The average molecular weight is 429 g/mol. The van der Waals surface area contributed by atoms with Gasteiger partial charge < -0.3 is 0 Å². The van der Waals surface area contributed by atoms with Gasteiger partial charge in [-0.1, -0.05) is 29.3 Å². The van der Waals surface area contributed by atoms with E-state index in [-0.39, 0.29) is 30.2 Å². The van der Waals surface area contributed by atoms with Gasteiger partial charge in [0.2, 0.25) is 10.0 Å². The van der Waals surface area contributed by atoms with Crippen molar-refractivity contribution >= 4 is 43.3 Å². The van der Waals surface area contributed by atoms with Crippen LogP contribution in [0.4, 0.5) is 0 Å². The fourth-order valence-corrected chi connectivity index (χ4v) is 4.69. The quantitative estimate of drug-likeness (QED) is 0.721. The largest absolute Gasteiger partial charge is 0.294 e. The van der Waals surface area contributed by atoms with E-state index in [0.717, 1.165) is 5.56 Å². The molecule has 0 aromatic heterocycles. The Morgan fingerprint density at radius 2 is 1.79 bits per heavy atom. The van der Waals surface area contributed by atoms with E-state index < -0.39 is 10.0 Å². The Kier molecular flexibility index (Phi) is 4.84. The maximum atomic E-state index is 12.9. The minimum atomic E-state index is -3.69. The standard InChI is InChI=1S/C17H15BrClNO3S/c1-11-2-4-12(5-3-11)24(22,23)20-9-8-16(21)13-6-7-15(18)17(19)14(13)10-20/h2-7H,8-10H2,1H3. The number of hydrogen-bond acceptors (Lipinski definition) is 3. The van der Waals surface area contributed by atoms with Gasteiger partial charge in [-0.3, -0.25) is 4.79 Å². The summed E-state index contributed by atoms with van der Waals surface area (Å²) in [6.07, 6.45) is 0.135. The molecule has 126 valence electrons. The van der Waals surface area contributed by atoms with Crippen LogP contribution in [0.15, 0.2) is 45.8 Å². The molecule has 0 saturated heterocycles. The molecule has 0 bridgehead atoms. The molecule has 0 unspecified atom stereocenters. The third kappa shape index (κ3) is 3.16. The van der Waals surface area contributed by atoms with E-state index in [1.165, 1.54) is 4.31 Å². The van der Waals surface area contributed by atoms with Crippen LogP contribution in [-0.4, -0.2) is 25.1 Å². The number of fused-ring (bicyclic) bond motifs is 1. The summed E-state index contributed by atoms with van der Waals surface area (Å²) < 4.78 is 27.8. The van der Waals surface area contributed by atoms with E-state index >= 15 is 0 Å². The van der Waals surface area contributed by atoms with Crippen LogP contribution in [0.2, 0.25) is 5.02 Å². The highest BCUT2D eigenvalue weighted by Gasteiger charge is 2.31. The second-order valence-corrected chi connectivity index (χ2v) is 8.88. The smallest absolute Gasteiger partial charge is 0.243 e. The first kappa shape index (κ1) is 17.6. The lowest BCUT2D eigenvalue weighted by molar-refractivity contribution is 0.0981. The van der Waals surface area contributed by atoms with Crippen LogP contribution in [0.3, 0.4) is 0 Å². The zero-order chi connectivity index (χ0) is 17.5. The Hall–Kier alpha value is -1.21. The topological polar surface area (TPSA) is 54.5 Å². The monoisotopic (exact) mass is 427 g/mol. The van der Waals surface area contributed by atoms with E-state index in [1.807, 2.05) is 6.92 Å². The van der Waals surface area contributed by atoms with E-state index in [4.69, 9.17) is 11.6 Å². The summed E-state index contributed by atoms with van der Waals surface area (Å²) in [5.74, 6) is -0.0963. The maximum Gasteiger partial charge on any atom is 0.243 e. The minimum Gasteiger partial charge on any atom is -0.294 e. The zero-order valence-corrected chi connectivity index (χ0v) is 16.1. The molecular formula is C17H15BrClNO3S. The van der Waals surface area contributed by atoms with Gasteiger partial charge in [-0.25, -0.2) is 8.42 Å². The van der Waals surface area contributed by atoms with Crippen LogP contribution in [0.1, 0.15) is 27.9 Å². The van der Waals surface area contributed by atoms with Crippen molar-refractivity contribution < 1.29 is 13.2 Å². The maximum absolute atomic E-state index is 12.9. The van der Waals surface area contributed by atoms with E-state index in [0.29, 0.717) is 20.6 Å². The van der Waals surface area contributed by atoms with Gasteiger partial charge in [0.15, 0.2) is 5.78 Å². The minimum absolute atomic E-state index is 0.0789. The fraction of sp³-hybridized carbons (Fsp3) is 0.235. The molecule has 2 aromatic carbocycles. The number of rotatable bonds is 2. The van der Waals surface area contributed by atoms with Crippen LogP contribution in [0, 0.1) is 6.92 Å². The molecule has 1 heterocycles. The molecule has 0 N–H and O–H groups in total. The number of ketones is 1. The van der Waals surface area contributed by atoms with Gasteiger partial charge in [0, 0.05) is 29.5 Å². The number of sulfonamides is 1. The molecule has 0 saturated carbocycles. The van der Waals surface area contributed by atoms with Crippen molar-refractivity contribution in [2.45, 2.75) is 24.8 Å². The lowest BCUT2D eigenvalue weighted by Crippen LogP contribution is -2.31. The van der Waals surface area contributed by atoms with Crippen LogP contribution >= 0.6 is 27.5 Å². The average Bonchev–Trinajstić information content (AvgIpc) is 2.72. The van der Waals surface area contributed by atoms with Crippen molar-refractivity contribution in [2.24, 2.45) is 0 Å². The molecule has 1 aliphatic heterocycles. The highest BCUT2D eigenvalue weighted by Crippen LogP contribution is 2.33. The summed E-state index contributed by atoms with van der Waals surface area (Å²) in [6, 6.07) is 10.1. The number of hydrogen-bond donors (Lipinski definition) is 0. The Morgan fingerprint density at radius 1 is 1.12 bits per heavy atom. The molecule has 0 radical (unpaired) electrons. The van der Waals surface area contributed by atoms with Gasteiger partial charge in [-0.15, -0.1) is 0 Å². The second kappa shape index (κ2) is 6.59. The third-order valence-corrected chi connectivity index (χ3v) is 7.26. The first-order chi connectivity index (χ1) is 11.3. The summed E-state index contributed by atoms with van der Waals surface area (Å²) >= 11 is 9.64. The summed E-state index contributed by atoms with van der Waals surface area (Å²) in [4.78, 5) is 12.5. The predicted molar refractivity (Wildman–Crippen MR) is 96.9 cm³/mol. The Labute approximate surface area is 154 Å². The highest BCUT2D eigenvalue weighted by atomic mass is 79.9. The number of nitrogens with zero attached hydrogens (tertiary/aromatic N) is 1. The normalized spacial score (nSPS) is 15.9. The number of aryl methyl sites for hydroxylation is 1. The SMILES string of the molecule is Cc1ccc(S(=O)(=O)N2CCC(=O)c3ccc(Br)c(Cl)c3C2)cc1. The summed E-state index contributed by atoms with van der Waals surface area (Å²) in [7, 11) is -3.69. The van der Waals surface area contributed by atoms with Gasteiger partial charge in [0.25, 0.3) is 0 Å². The molecule has 0 spiro atoms. The second-order valence-electron chi connectivity index (χ2n) is 5.71. The number of carbonyl (C=O) groups excluding carboxylic acids is 1. The molecule has 0 fully saturated rings. The summed E-state index contributed by atoms with van der Waals surface area (Å²) in [6.45, 7) is 2.11. The predicted octanol–water partition coefficient (Wildman–Crippen LogP) is 4.19. The van der Waals surface area contributed by atoms with Gasteiger partial charge in [0.05, 0.1) is 9.92 Å². The third-order valence-electron chi connectivity index (χ3n) is 4.08.